The average molecular weight is 276 g/mol. The van der Waals surface area contributed by atoms with Gasteiger partial charge in [0.05, 0.1) is 11.7 Å². The Bertz CT molecular complexity index is 556. The molecule has 0 spiro atoms. The largest absolute Gasteiger partial charge is 0.307 e. The maximum Gasteiger partial charge on any atom is 0.128 e. The summed E-state index contributed by atoms with van der Waals surface area (Å²) in [4.78, 5) is 6.12. The molecule has 1 unspecified atom stereocenters. The van der Waals surface area contributed by atoms with Crippen LogP contribution in [0.4, 0.5) is 4.39 Å². The predicted octanol–water partition coefficient (Wildman–Crippen LogP) is 3.47. The van der Waals surface area contributed by atoms with Crippen molar-refractivity contribution in [2.75, 3.05) is 7.05 Å². The third kappa shape index (κ3) is 2.42. The number of hydrogen-bond acceptors (Lipinski definition) is 3. The number of halogens is 1. The van der Waals surface area contributed by atoms with Crippen LogP contribution in [0.1, 0.15) is 40.0 Å². The van der Waals surface area contributed by atoms with Gasteiger partial charge in [-0.1, -0.05) is 18.2 Å². The van der Waals surface area contributed by atoms with Crippen LogP contribution in [0.3, 0.4) is 0 Å². The van der Waals surface area contributed by atoms with Crippen molar-refractivity contribution in [2.24, 2.45) is 0 Å². The first-order valence-corrected chi connectivity index (χ1v) is 7.51. The van der Waals surface area contributed by atoms with Gasteiger partial charge in [-0.15, -0.1) is 11.3 Å². The van der Waals surface area contributed by atoms with Crippen LogP contribution in [0, 0.1) is 5.82 Å². The van der Waals surface area contributed by atoms with Gasteiger partial charge in [0.15, 0.2) is 0 Å². The zero-order valence-electron chi connectivity index (χ0n) is 10.9. The Kier molecular flexibility index (Phi) is 3.62. The second-order valence-electron chi connectivity index (χ2n) is 4.87. The van der Waals surface area contributed by atoms with E-state index in [1.165, 1.54) is 29.5 Å². The molecule has 1 aliphatic carbocycles. The first kappa shape index (κ1) is 12.8. The second kappa shape index (κ2) is 5.39. The van der Waals surface area contributed by atoms with E-state index in [2.05, 4.69) is 5.32 Å². The molecular formula is C15H17FN2S. The SMILES string of the molecule is CNC(c1nc2c(s1)CCCC2)c1ccccc1F. The van der Waals surface area contributed by atoms with Crippen molar-refractivity contribution in [3.8, 4) is 0 Å². The van der Waals surface area contributed by atoms with Gasteiger partial charge in [0.25, 0.3) is 0 Å². The number of nitrogens with one attached hydrogen (secondary N) is 1. The molecule has 1 aromatic heterocycles. The van der Waals surface area contributed by atoms with Gasteiger partial charge < -0.3 is 5.32 Å². The Morgan fingerprint density at radius 2 is 2.05 bits per heavy atom. The first-order chi connectivity index (χ1) is 9.29. The minimum Gasteiger partial charge on any atom is -0.307 e. The molecule has 19 heavy (non-hydrogen) atoms. The molecule has 2 nitrogen and oxygen atoms in total. The first-order valence-electron chi connectivity index (χ1n) is 6.69. The molecule has 1 aliphatic rings. The lowest BCUT2D eigenvalue weighted by Gasteiger charge is -2.14. The molecule has 4 heteroatoms. The summed E-state index contributed by atoms with van der Waals surface area (Å²) in [7, 11) is 1.86. The number of nitrogens with zero attached hydrogens (tertiary/aromatic N) is 1. The smallest absolute Gasteiger partial charge is 0.128 e. The van der Waals surface area contributed by atoms with Gasteiger partial charge >= 0.3 is 0 Å². The minimum absolute atomic E-state index is 0.142. The minimum atomic E-state index is -0.171. The number of aryl methyl sites for hydroxylation is 2. The molecule has 1 N–H and O–H groups in total. The molecule has 0 bridgehead atoms. The molecule has 0 fully saturated rings. The lowest BCUT2D eigenvalue weighted by molar-refractivity contribution is 0.574. The fraction of sp³-hybridized carbons (Fsp3) is 0.400. The molecule has 1 heterocycles. The summed E-state index contributed by atoms with van der Waals surface area (Å²) in [5.41, 5.74) is 1.90. The van der Waals surface area contributed by atoms with Gasteiger partial charge in [-0.2, -0.15) is 0 Å². The molecule has 0 saturated carbocycles. The summed E-state index contributed by atoms with van der Waals surface area (Å²) in [6.45, 7) is 0. The highest BCUT2D eigenvalue weighted by Gasteiger charge is 2.22. The summed E-state index contributed by atoms with van der Waals surface area (Å²) in [6.07, 6.45) is 4.67. The molecule has 0 saturated heterocycles. The zero-order chi connectivity index (χ0) is 13.2. The third-order valence-corrected chi connectivity index (χ3v) is 4.84. The Morgan fingerprint density at radius 1 is 1.26 bits per heavy atom. The Hall–Kier alpha value is -1.26. The highest BCUT2D eigenvalue weighted by Crippen LogP contribution is 2.33. The number of thiazole rings is 1. The van der Waals surface area contributed by atoms with Gasteiger partial charge in [0, 0.05) is 10.4 Å². The van der Waals surface area contributed by atoms with Crippen molar-refractivity contribution in [3.05, 3.63) is 51.2 Å². The lowest BCUT2D eigenvalue weighted by atomic mass is 10.0. The Morgan fingerprint density at radius 3 is 2.79 bits per heavy atom. The maximum absolute atomic E-state index is 13.9. The summed E-state index contributed by atoms with van der Waals surface area (Å²) < 4.78 is 13.9. The van der Waals surface area contributed by atoms with Gasteiger partial charge in [-0.05, 0) is 38.8 Å². The summed E-state index contributed by atoms with van der Waals surface area (Å²) in [5.74, 6) is -0.171. The molecule has 0 amide bonds. The van der Waals surface area contributed by atoms with Crippen molar-refractivity contribution in [2.45, 2.75) is 31.7 Å². The lowest BCUT2D eigenvalue weighted by Crippen LogP contribution is -2.18. The van der Waals surface area contributed by atoms with E-state index < -0.39 is 0 Å². The zero-order valence-corrected chi connectivity index (χ0v) is 11.8. The molecule has 0 radical (unpaired) electrons. The van der Waals surface area contributed by atoms with E-state index in [0.717, 1.165) is 17.8 Å². The van der Waals surface area contributed by atoms with Crippen LogP contribution in [-0.2, 0) is 12.8 Å². The van der Waals surface area contributed by atoms with E-state index in [9.17, 15) is 4.39 Å². The molecule has 1 atom stereocenters. The van der Waals surface area contributed by atoms with Crippen LogP contribution < -0.4 is 5.32 Å². The van der Waals surface area contributed by atoms with Gasteiger partial charge in [0.2, 0.25) is 0 Å². The highest BCUT2D eigenvalue weighted by molar-refractivity contribution is 7.11. The predicted molar refractivity (Wildman–Crippen MR) is 76.1 cm³/mol. The van der Waals surface area contributed by atoms with Gasteiger partial charge in [-0.3, -0.25) is 0 Å². The van der Waals surface area contributed by atoms with Crippen molar-refractivity contribution in [3.63, 3.8) is 0 Å². The summed E-state index contributed by atoms with van der Waals surface area (Å²) >= 11 is 1.73. The van der Waals surface area contributed by atoms with Crippen molar-refractivity contribution < 1.29 is 4.39 Å². The van der Waals surface area contributed by atoms with Crippen LogP contribution in [0.15, 0.2) is 24.3 Å². The van der Waals surface area contributed by atoms with E-state index in [1.54, 1.807) is 17.4 Å². The van der Waals surface area contributed by atoms with Crippen molar-refractivity contribution >= 4 is 11.3 Å². The molecular weight excluding hydrogens is 259 g/mol. The molecule has 0 aliphatic heterocycles. The van der Waals surface area contributed by atoms with E-state index in [-0.39, 0.29) is 11.9 Å². The van der Waals surface area contributed by atoms with Gasteiger partial charge in [-0.25, -0.2) is 9.37 Å². The van der Waals surface area contributed by atoms with Crippen LogP contribution in [0.5, 0.6) is 0 Å². The van der Waals surface area contributed by atoms with Crippen LogP contribution in [-0.4, -0.2) is 12.0 Å². The quantitative estimate of drug-likeness (QED) is 0.928. The summed E-state index contributed by atoms with van der Waals surface area (Å²) in [6, 6.07) is 6.79. The van der Waals surface area contributed by atoms with Crippen LogP contribution >= 0.6 is 11.3 Å². The number of fused-ring (bicyclic) bond motifs is 1. The van der Waals surface area contributed by atoms with Crippen molar-refractivity contribution in [1.29, 1.82) is 0 Å². The molecule has 2 aromatic rings. The highest BCUT2D eigenvalue weighted by atomic mass is 32.1. The van der Waals surface area contributed by atoms with Crippen LogP contribution in [0.2, 0.25) is 0 Å². The normalized spacial score (nSPS) is 16.1. The van der Waals surface area contributed by atoms with E-state index in [4.69, 9.17) is 4.98 Å². The fourth-order valence-electron chi connectivity index (χ4n) is 2.62. The van der Waals surface area contributed by atoms with E-state index in [1.807, 2.05) is 19.2 Å². The average Bonchev–Trinajstić information content (AvgIpc) is 2.85. The number of benzene rings is 1. The fourth-order valence-corrected chi connectivity index (χ4v) is 3.90. The van der Waals surface area contributed by atoms with E-state index in [0.29, 0.717) is 5.56 Å². The number of rotatable bonds is 3. The monoisotopic (exact) mass is 276 g/mol. The van der Waals surface area contributed by atoms with Crippen LogP contribution in [0.25, 0.3) is 0 Å². The summed E-state index contributed by atoms with van der Waals surface area (Å²) in [5, 5.41) is 4.18. The van der Waals surface area contributed by atoms with Crippen molar-refractivity contribution in [1.82, 2.24) is 10.3 Å². The molecule has 100 valence electrons. The molecule has 1 aromatic carbocycles. The topological polar surface area (TPSA) is 24.9 Å². The Balaban J connectivity index is 1.98. The van der Waals surface area contributed by atoms with Gasteiger partial charge in [0.1, 0.15) is 10.8 Å². The second-order valence-corrected chi connectivity index (χ2v) is 5.99. The Labute approximate surface area is 116 Å². The maximum atomic E-state index is 13.9. The van der Waals surface area contributed by atoms with E-state index >= 15 is 0 Å². The number of aromatic nitrogens is 1. The third-order valence-electron chi connectivity index (χ3n) is 3.61. The number of hydrogen-bond donors (Lipinski definition) is 1. The standard InChI is InChI=1S/C15H17FN2S/c1-17-14(10-6-2-3-7-11(10)16)15-18-12-8-4-5-9-13(12)19-15/h2-3,6-7,14,17H,4-5,8-9H2,1H3. The molecule has 3 rings (SSSR count).